The quantitative estimate of drug-likeness (QED) is 0.420. The topological polar surface area (TPSA) is 48.9 Å². The van der Waals surface area contributed by atoms with Gasteiger partial charge in [-0.05, 0) is 47.4 Å². The molecule has 1 saturated heterocycles. The van der Waals surface area contributed by atoms with E-state index in [0.717, 1.165) is 50.6 Å². The lowest BCUT2D eigenvalue weighted by atomic mass is 10.0. The first-order valence-electron chi connectivity index (χ1n) is 9.42. The standard InChI is InChI=1S/C20H26F2N4OS/c1-23-20(24-7-10-27-17-2-3-18(21)19(22)12-17)25-16-4-8-26(9-5-16)13-15-6-11-28-14-15/h2-3,6,11-12,14,16H,4-5,7-10,13H2,1H3,(H2,23,24,25). The van der Waals surface area contributed by atoms with Gasteiger partial charge < -0.3 is 15.4 Å². The van der Waals surface area contributed by atoms with Crippen LogP contribution in [0.3, 0.4) is 0 Å². The highest BCUT2D eigenvalue weighted by molar-refractivity contribution is 7.07. The third kappa shape index (κ3) is 6.17. The zero-order chi connectivity index (χ0) is 19.8. The number of piperidine rings is 1. The van der Waals surface area contributed by atoms with Crippen LogP contribution in [-0.4, -0.2) is 50.2 Å². The van der Waals surface area contributed by atoms with Crippen molar-refractivity contribution in [2.75, 3.05) is 33.3 Å². The fourth-order valence-corrected chi connectivity index (χ4v) is 3.83. The highest BCUT2D eigenvalue weighted by Crippen LogP contribution is 2.16. The lowest BCUT2D eigenvalue weighted by Crippen LogP contribution is -2.49. The zero-order valence-corrected chi connectivity index (χ0v) is 16.8. The molecule has 0 unspecified atom stereocenters. The van der Waals surface area contributed by atoms with Crippen molar-refractivity contribution in [1.29, 1.82) is 0 Å². The summed E-state index contributed by atoms with van der Waals surface area (Å²) >= 11 is 1.74. The van der Waals surface area contributed by atoms with Crippen molar-refractivity contribution in [3.05, 3.63) is 52.2 Å². The summed E-state index contributed by atoms with van der Waals surface area (Å²) < 4.78 is 31.5. The first-order valence-corrected chi connectivity index (χ1v) is 10.4. The van der Waals surface area contributed by atoms with E-state index in [1.807, 2.05) is 0 Å². The molecule has 0 aliphatic carbocycles. The van der Waals surface area contributed by atoms with Crippen LogP contribution < -0.4 is 15.4 Å². The summed E-state index contributed by atoms with van der Waals surface area (Å²) in [7, 11) is 1.73. The molecule has 1 aromatic carbocycles. The summed E-state index contributed by atoms with van der Waals surface area (Å²) in [4.78, 5) is 6.73. The summed E-state index contributed by atoms with van der Waals surface area (Å²) in [5, 5.41) is 11.0. The Labute approximate surface area is 168 Å². The number of nitrogens with zero attached hydrogens (tertiary/aromatic N) is 2. The number of halogens is 2. The Balaban J connectivity index is 1.34. The molecule has 1 aliphatic heterocycles. The summed E-state index contributed by atoms with van der Waals surface area (Å²) in [5.74, 6) is -0.753. The van der Waals surface area contributed by atoms with Gasteiger partial charge in [-0.1, -0.05) is 0 Å². The fraction of sp³-hybridized carbons (Fsp3) is 0.450. The molecule has 0 saturated carbocycles. The number of ether oxygens (including phenoxy) is 1. The van der Waals surface area contributed by atoms with Gasteiger partial charge in [0.25, 0.3) is 0 Å². The molecule has 8 heteroatoms. The Hall–Kier alpha value is -2.19. The van der Waals surface area contributed by atoms with E-state index in [9.17, 15) is 8.78 Å². The smallest absolute Gasteiger partial charge is 0.191 e. The molecular formula is C20H26F2N4OS. The molecule has 0 amide bonds. The summed E-state index contributed by atoms with van der Waals surface area (Å²) in [5.41, 5.74) is 1.38. The second kappa shape index (κ2) is 10.4. The van der Waals surface area contributed by atoms with Gasteiger partial charge in [0.2, 0.25) is 0 Å². The number of nitrogens with one attached hydrogen (secondary N) is 2. The van der Waals surface area contributed by atoms with Gasteiger partial charge in [0, 0.05) is 38.8 Å². The average molecular weight is 409 g/mol. The van der Waals surface area contributed by atoms with Gasteiger partial charge in [0.1, 0.15) is 12.4 Å². The SMILES string of the molecule is CN=C(NCCOc1ccc(F)c(F)c1)NC1CCN(Cc2ccsc2)CC1. The first-order chi connectivity index (χ1) is 13.6. The number of aliphatic imine (C=N–C) groups is 1. The number of benzene rings is 1. The highest BCUT2D eigenvalue weighted by atomic mass is 32.1. The Morgan fingerprint density at radius 2 is 2.07 bits per heavy atom. The van der Waals surface area contributed by atoms with Gasteiger partial charge in [-0.2, -0.15) is 11.3 Å². The molecule has 1 fully saturated rings. The van der Waals surface area contributed by atoms with E-state index in [4.69, 9.17) is 4.74 Å². The second-order valence-electron chi connectivity index (χ2n) is 6.75. The van der Waals surface area contributed by atoms with Gasteiger partial charge in [0.05, 0.1) is 6.54 Å². The van der Waals surface area contributed by atoms with E-state index in [1.165, 1.54) is 11.6 Å². The number of hydrogen-bond donors (Lipinski definition) is 2. The zero-order valence-electron chi connectivity index (χ0n) is 16.0. The maximum atomic E-state index is 13.2. The molecule has 0 radical (unpaired) electrons. The number of guanidine groups is 1. The van der Waals surface area contributed by atoms with Crippen molar-refractivity contribution < 1.29 is 13.5 Å². The van der Waals surface area contributed by atoms with Crippen molar-refractivity contribution in [3.8, 4) is 5.75 Å². The van der Waals surface area contributed by atoms with Crippen LogP contribution in [0.4, 0.5) is 8.78 Å². The van der Waals surface area contributed by atoms with Crippen LogP contribution in [0.25, 0.3) is 0 Å². The van der Waals surface area contributed by atoms with Crippen molar-refractivity contribution in [2.45, 2.75) is 25.4 Å². The molecule has 0 atom stereocenters. The van der Waals surface area contributed by atoms with Gasteiger partial charge in [-0.25, -0.2) is 8.78 Å². The fourth-order valence-electron chi connectivity index (χ4n) is 3.17. The Bertz CT molecular complexity index is 762. The molecule has 1 aliphatic rings. The number of likely N-dealkylation sites (tertiary alicyclic amines) is 1. The maximum absolute atomic E-state index is 13.2. The van der Waals surface area contributed by atoms with Crippen LogP contribution in [-0.2, 0) is 6.54 Å². The monoisotopic (exact) mass is 408 g/mol. The van der Waals surface area contributed by atoms with Crippen molar-refractivity contribution in [2.24, 2.45) is 4.99 Å². The molecule has 2 aromatic rings. The largest absolute Gasteiger partial charge is 0.492 e. The summed E-state index contributed by atoms with van der Waals surface area (Å²) in [6.07, 6.45) is 2.13. The lowest BCUT2D eigenvalue weighted by molar-refractivity contribution is 0.198. The Morgan fingerprint density at radius 3 is 2.75 bits per heavy atom. The third-order valence-electron chi connectivity index (χ3n) is 4.69. The van der Waals surface area contributed by atoms with Gasteiger partial charge in [-0.15, -0.1) is 0 Å². The number of thiophene rings is 1. The van der Waals surface area contributed by atoms with Gasteiger partial charge in [0.15, 0.2) is 17.6 Å². The number of rotatable bonds is 7. The average Bonchev–Trinajstić information content (AvgIpc) is 3.21. The molecule has 5 nitrogen and oxygen atoms in total. The molecular weight excluding hydrogens is 382 g/mol. The van der Waals surface area contributed by atoms with Gasteiger partial charge >= 0.3 is 0 Å². The van der Waals surface area contributed by atoms with Crippen LogP contribution in [0.15, 0.2) is 40.0 Å². The molecule has 2 N–H and O–H groups in total. The van der Waals surface area contributed by atoms with Crippen LogP contribution in [0.5, 0.6) is 5.75 Å². The van der Waals surface area contributed by atoms with E-state index in [-0.39, 0.29) is 0 Å². The Morgan fingerprint density at radius 1 is 1.25 bits per heavy atom. The predicted molar refractivity (Wildman–Crippen MR) is 109 cm³/mol. The van der Waals surface area contributed by atoms with Crippen molar-refractivity contribution in [3.63, 3.8) is 0 Å². The van der Waals surface area contributed by atoms with Crippen LogP contribution >= 0.6 is 11.3 Å². The molecule has 2 heterocycles. The molecule has 0 bridgehead atoms. The van der Waals surface area contributed by atoms with Crippen LogP contribution in [0.1, 0.15) is 18.4 Å². The summed E-state index contributed by atoms with van der Waals surface area (Å²) in [6, 6.07) is 6.09. The molecule has 28 heavy (non-hydrogen) atoms. The minimum Gasteiger partial charge on any atom is -0.492 e. The normalized spacial score (nSPS) is 16.2. The minimum atomic E-state index is -0.909. The molecule has 3 rings (SSSR count). The van der Waals surface area contributed by atoms with Crippen molar-refractivity contribution in [1.82, 2.24) is 15.5 Å². The molecule has 152 valence electrons. The van der Waals surface area contributed by atoms with E-state index in [1.54, 1.807) is 18.4 Å². The lowest BCUT2D eigenvalue weighted by Gasteiger charge is -2.32. The predicted octanol–water partition coefficient (Wildman–Crippen LogP) is 3.23. The van der Waals surface area contributed by atoms with Crippen LogP contribution in [0, 0.1) is 11.6 Å². The van der Waals surface area contributed by atoms with E-state index in [2.05, 4.69) is 37.4 Å². The van der Waals surface area contributed by atoms with Gasteiger partial charge in [-0.3, -0.25) is 9.89 Å². The van der Waals surface area contributed by atoms with E-state index < -0.39 is 11.6 Å². The summed E-state index contributed by atoms with van der Waals surface area (Å²) in [6.45, 7) is 3.97. The van der Waals surface area contributed by atoms with E-state index in [0.29, 0.717) is 24.9 Å². The van der Waals surface area contributed by atoms with E-state index >= 15 is 0 Å². The van der Waals surface area contributed by atoms with Crippen LogP contribution in [0.2, 0.25) is 0 Å². The molecule has 0 spiro atoms. The Kier molecular flexibility index (Phi) is 7.62. The first kappa shape index (κ1) is 20.5. The highest BCUT2D eigenvalue weighted by Gasteiger charge is 2.20. The molecule has 1 aromatic heterocycles. The van der Waals surface area contributed by atoms with Crippen molar-refractivity contribution >= 4 is 17.3 Å². The minimum absolute atomic E-state index is 0.307. The second-order valence-corrected chi connectivity index (χ2v) is 7.53. The number of hydrogen-bond acceptors (Lipinski definition) is 4. The maximum Gasteiger partial charge on any atom is 0.191 e. The third-order valence-corrected chi connectivity index (χ3v) is 5.42.